The van der Waals surface area contributed by atoms with Crippen LogP contribution in [-0.4, -0.2) is 22.5 Å². The maximum Gasteiger partial charge on any atom is 0.232 e. The molecule has 1 N–H and O–H groups in total. The molecule has 3 aromatic rings. The van der Waals surface area contributed by atoms with Crippen molar-refractivity contribution < 1.29 is 9.53 Å². The van der Waals surface area contributed by atoms with Crippen LogP contribution < -0.4 is 10.1 Å². The molecule has 1 aliphatic carbocycles. The third kappa shape index (κ3) is 4.25. The van der Waals surface area contributed by atoms with Crippen molar-refractivity contribution in [3.8, 4) is 16.3 Å². The molecule has 1 atom stereocenters. The van der Waals surface area contributed by atoms with Crippen molar-refractivity contribution in [1.82, 2.24) is 9.97 Å². The zero-order chi connectivity index (χ0) is 19.5. The number of amides is 1. The van der Waals surface area contributed by atoms with E-state index in [2.05, 4.69) is 22.2 Å². The molecule has 0 fully saturated rings. The Labute approximate surface area is 172 Å². The molecule has 146 valence electrons. The summed E-state index contributed by atoms with van der Waals surface area (Å²) in [7, 11) is 0. The van der Waals surface area contributed by atoms with Crippen LogP contribution in [0, 0.1) is 5.92 Å². The van der Waals surface area contributed by atoms with Crippen LogP contribution in [0.1, 0.15) is 36.5 Å². The number of hydrogen-bond acceptors (Lipinski definition) is 6. The van der Waals surface area contributed by atoms with Crippen LogP contribution in [-0.2, 0) is 24.1 Å². The number of fused-ring (bicyclic) bond motifs is 1. The highest BCUT2D eigenvalue weighted by atomic mass is 32.1. The van der Waals surface area contributed by atoms with E-state index >= 15 is 0 Å². The second kappa shape index (κ2) is 8.41. The number of benzene rings is 1. The number of aromatic nitrogens is 2. The summed E-state index contributed by atoms with van der Waals surface area (Å²) < 4.78 is 5.69. The molecule has 1 aromatic carbocycles. The lowest BCUT2D eigenvalue weighted by molar-refractivity contribution is -0.115. The maximum atomic E-state index is 12.5. The molecule has 0 spiro atoms. The van der Waals surface area contributed by atoms with Crippen molar-refractivity contribution in [2.45, 2.75) is 39.5 Å². The summed E-state index contributed by atoms with van der Waals surface area (Å²) >= 11 is 3.14. The minimum absolute atomic E-state index is 0.0749. The Hall–Kier alpha value is -2.25. The normalized spacial score (nSPS) is 15.9. The Balaban J connectivity index is 1.42. The molecular formula is C21H23N3O2S2. The zero-order valence-corrected chi connectivity index (χ0v) is 17.7. The van der Waals surface area contributed by atoms with E-state index in [-0.39, 0.29) is 12.3 Å². The van der Waals surface area contributed by atoms with Gasteiger partial charge in [-0.2, -0.15) is 0 Å². The standard InChI is InChI=1S/C21H23N3O2S2/c1-3-26-17-7-5-4-6-15(17)20-22-14(12-27-20)11-19(25)24-21-23-16-9-8-13(2)10-18(16)28-21/h4-7,12-13H,3,8-11H2,1-2H3,(H,23,24,25). The van der Waals surface area contributed by atoms with Gasteiger partial charge in [-0.1, -0.05) is 19.1 Å². The molecule has 1 aliphatic rings. The summed E-state index contributed by atoms with van der Waals surface area (Å²) in [4.78, 5) is 23.0. The number of anilines is 1. The highest BCUT2D eigenvalue weighted by Gasteiger charge is 2.21. The van der Waals surface area contributed by atoms with Gasteiger partial charge < -0.3 is 10.1 Å². The van der Waals surface area contributed by atoms with E-state index in [1.165, 1.54) is 22.6 Å². The number of carbonyl (C=O) groups is 1. The van der Waals surface area contributed by atoms with Gasteiger partial charge in [-0.3, -0.25) is 4.79 Å². The first-order chi connectivity index (χ1) is 13.6. The van der Waals surface area contributed by atoms with E-state index in [0.29, 0.717) is 17.7 Å². The van der Waals surface area contributed by atoms with E-state index in [1.807, 2.05) is 36.6 Å². The largest absolute Gasteiger partial charge is 0.493 e. The Kier molecular flexibility index (Phi) is 5.73. The van der Waals surface area contributed by atoms with Crippen molar-refractivity contribution in [1.29, 1.82) is 0 Å². The average Bonchev–Trinajstić information content (AvgIpc) is 3.28. The predicted octanol–water partition coefficient (Wildman–Crippen LogP) is 4.97. The van der Waals surface area contributed by atoms with Crippen molar-refractivity contribution in [2.75, 3.05) is 11.9 Å². The molecule has 1 amide bonds. The Morgan fingerprint density at radius 1 is 1.32 bits per heavy atom. The molecule has 28 heavy (non-hydrogen) atoms. The molecule has 7 heteroatoms. The second-order valence-electron chi connectivity index (χ2n) is 7.03. The van der Waals surface area contributed by atoms with Crippen LogP contribution in [0.3, 0.4) is 0 Å². The molecule has 2 heterocycles. The van der Waals surface area contributed by atoms with E-state index in [1.54, 1.807) is 11.3 Å². The lowest BCUT2D eigenvalue weighted by Gasteiger charge is -2.15. The van der Waals surface area contributed by atoms with Crippen LogP contribution in [0.2, 0.25) is 0 Å². The minimum atomic E-state index is -0.0749. The Morgan fingerprint density at radius 2 is 2.18 bits per heavy atom. The van der Waals surface area contributed by atoms with Gasteiger partial charge >= 0.3 is 0 Å². The van der Waals surface area contributed by atoms with Crippen molar-refractivity contribution in [2.24, 2.45) is 5.92 Å². The van der Waals surface area contributed by atoms with Crippen LogP contribution in [0.4, 0.5) is 5.13 Å². The lowest BCUT2D eigenvalue weighted by atomic mass is 9.93. The summed E-state index contributed by atoms with van der Waals surface area (Å²) in [5.74, 6) is 1.44. The van der Waals surface area contributed by atoms with Gasteiger partial charge in [0.1, 0.15) is 10.8 Å². The summed E-state index contributed by atoms with van der Waals surface area (Å²) in [6.07, 6.45) is 3.50. The highest BCUT2D eigenvalue weighted by molar-refractivity contribution is 7.16. The summed E-state index contributed by atoms with van der Waals surface area (Å²) in [5.41, 5.74) is 2.88. The fourth-order valence-electron chi connectivity index (χ4n) is 3.36. The molecule has 1 unspecified atom stereocenters. The number of ether oxygens (including phenoxy) is 1. The van der Waals surface area contributed by atoms with Gasteiger partial charge in [0.05, 0.1) is 30.0 Å². The van der Waals surface area contributed by atoms with Gasteiger partial charge in [0, 0.05) is 10.3 Å². The van der Waals surface area contributed by atoms with Crippen LogP contribution in [0.25, 0.3) is 10.6 Å². The third-order valence-electron chi connectivity index (χ3n) is 4.74. The number of carbonyl (C=O) groups excluding carboxylic acids is 1. The van der Waals surface area contributed by atoms with Gasteiger partial charge in [0.2, 0.25) is 5.91 Å². The summed E-state index contributed by atoms with van der Waals surface area (Å²) in [6.45, 7) is 4.84. The number of hydrogen-bond donors (Lipinski definition) is 1. The molecule has 0 radical (unpaired) electrons. The van der Waals surface area contributed by atoms with Crippen molar-refractivity contribution in [3.63, 3.8) is 0 Å². The van der Waals surface area contributed by atoms with E-state index in [0.717, 1.165) is 40.6 Å². The van der Waals surface area contributed by atoms with Gasteiger partial charge in [-0.25, -0.2) is 9.97 Å². The van der Waals surface area contributed by atoms with Gasteiger partial charge in [-0.15, -0.1) is 22.7 Å². The Bertz CT molecular complexity index is 980. The predicted molar refractivity (Wildman–Crippen MR) is 114 cm³/mol. The molecule has 4 rings (SSSR count). The smallest absolute Gasteiger partial charge is 0.232 e. The average molecular weight is 414 g/mol. The van der Waals surface area contributed by atoms with Gasteiger partial charge in [0.25, 0.3) is 0 Å². The maximum absolute atomic E-state index is 12.5. The van der Waals surface area contributed by atoms with E-state index in [9.17, 15) is 4.79 Å². The lowest BCUT2D eigenvalue weighted by Crippen LogP contribution is -2.14. The van der Waals surface area contributed by atoms with Gasteiger partial charge in [0.15, 0.2) is 5.13 Å². The third-order valence-corrected chi connectivity index (χ3v) is 6.70. The first-order valence-corrected chi connectivity index (χ1v) is 11.3. The summed E-state index contributed by atoms with van der Waals surface area (Å²) in [5, 5.41) is 6.46. The first-order valence-electron chi connectivity index (χ1n) is 9.57. The Morgan fingerprint density at radius 3 is 3.04 bits per heavy atom. The number of rotatable bonds is 6. The number of nitrogens with zero attached hydrogens (tertiary/aromatic N) is 2. The topological polar surface area (TPSA) is 64.1 Å². The number of aryl methyl sites for hydroxylation is 1. The second-order valence-corrected chi connectivity index (χ2v) is 8.98. The number of thiazole rings is 2. The fourth-order valence-corrected chi connectivity index (χ4v) is 5.39. The monoisotopic (exact) mass is 413 g/mol. The molecule has 0 saturated carbocycles. The number of nitrogens with one attached hydrogen (secondary N) is 1. The van der Waals surface area contributed by atoms with E-state index in [4.69, 9.17) is 4.74 Å². The minimum Gasteiger partial charge on any atom is -0.493 e. The van der Waals surface area contributed by atoms with Gasteiger partial charge in [-0.05, 0) is 44.2 Å². The molecule has 5 nitrogen and oxygen atoms in total. The fraction of sp³-hybridized carbons (Fsp3) is 0.381. The first kappa shape index (κ1) is 19.1. The molecule has 0 aliphatic heterocycles. The van der Waals surface area contributed by atoms with Crippen molar-refractivity contribution in [3.05, 3.63) is 45.9 Å². The van der Waals surface area contributed by atoms with E-state index < -0.39 is 0 Å². The molecule has 2 aromatic heterocycles. The quantitative estimate of drug-likeness (QED) is 0.620. The number of para-hydroxylation sites is 1. The van der Waals surface area contributed by atoms with Crippen LogP contribution >= 0.6 is 22.7 Å². The molecule has 0 bridgehead atoms. The SMILES string of the molecule is CCOc1ccccc1-c1nc(CC(=O)Nc2nc3c(s2)CC(C)CC3)cs1. The summed E-state index contributed by atoms with van der Waals surface area (Å²) in [6, 6.07) is 7.86. The molecule has 0 saturated heterocycles. The zero-order valence-electron chi connectivity index (χ0n) is 16.0. The van der Waals surface area contributed by atoms with Crippen molar-refractivity contribution >= 4 is 33.7 Å². The highest BCUT2D eigenvalue weighted by Crippen LogP contribution is 2.33. The van der Waals surface area contributed by atoms with Crippen LogP contribution in [0.15, 0.2) is 29.6 Å². The molecular weight excluding hydrogens is 390 g/mol. The van der Waals surface area contributed by atoms with Crippen LogP contribution in [0.5, 0.6) is 5.75 Å².